The molecule has 0 spiro atoms. The van der Waals surface area contributed by atoms with E-state index < -0.39 is 0 Å². The average Bonchev–Trinajstić information content (AvgIpc) is 2.30. The lowest BCUT2D eigenvalue weighted by Crippen LogP contribution is -2.15. The molecule has 0 amide bonds. The molecule has 0 aromatic heterocycles. The van der Waals surface area contributed by atoms with E-state index in [-0.39, 0.29) is 6.67 Å². The van der Waals surface area contributed by atoms with Crippen molar-refractivity contribution in [1.82, 2.24) is 0 Å². The van der Waals surface area contributed by atoms with E-state index in [9.17, 15) is 4.39 Å². The molecular weight excluding hydrogens is 186 g/mol. The summed E-state index contributed by atoms with van der Waals surface area (Å²) < 4.78 is 12.5. The zero-order chi connectivity index (χ0) is 10.7. The Morgan fingerprint density at radius 1 is 1.07 bits per heavy atom. The largest absolute Gasteiger partial charge is 0.251 e. The Kier molecular flexibility index (Phi) is 3.45. The van der Waals surface area contributed by atoms with Gasteiger partial charge in [0.05, 0.1) is 6.67 Å². The maximum atomic E-state index is 12.5. The minimum absolute atomic E-state index is 0.124. The van der Waals surface area contributed by atoms with Crippen LogP contribution in [0.2, 0.25) is 0 Å². The second-order valence-corrected chi connectivity index (χ2v) is 4.78. The van der Waals surface area contributed by atoms with Crippen LogP contribution in [0.5, 0.6) is 0 Å². The van der Waals surface area contributed by atoms with E-state index in [1.54, 1.807) is 0 Å². The minimum Gasteiger partial charge on any atom is -0.251 e. The number of halogens is 1. The van der Waals surface area contributed by atoms with Gasteiger partial charge in [0.15, 0.2) is 0 Å². The van der Waals surface area contributed by atoms with Gasteiger partial charge in [-0.15, -0.1) is 0 Å². The third-order valence-corrected chi connectivity index (χ3v) is 3.61. The van der Waals surface area contributed by atoms with Crippen molar-refractivity contribution in [2.75, 3.05) is 6.67 Å². The summed E-state index contributed by atoms with van der Waals surface area (Å²) in [6, 6.07) is 8.82. The SMILES string of the molecule is Bc1ccc([C@H]2CC[C@H](CF)CC2)cc1. The van der Waals surface area contributed by atoms with Crippen LogP contribution in [0, 0.1) is 5.92 Å². The van der Waals surface area contributed by atoms with Crippen molar-refractivity contribution in [1.29, 1.82) is 0 Å². The Labute approximate surface area is 92.3 Å². The van der Waals surface area contributed by atoms with E-state index in [0.29, 0.717) is 11.8 Å². The summed E-state index contributed by atoms with van der Waals surface area (Å²) >= 11 is 0. The molecule has 1 saturated carbocycles. The van der Waals surface area contributed by atoms with Crippen LogP contribution < -0.4 is 5.46 Å². The van der Waals surface area contributed by atoms with Crippen molar-refractivity contribution in [2.24, 2.45) is 5.92 Å². The van der Waals surface area contributed by atoms with Crippen molar-refractivity contribution >= 4 is 13.3 Å². The van der Waals surface area contributed by atoms with Crippen molar-refractivity contribution in [2.45, 2.75) is 31.6 Å². The molecule has 15 heavy (non-hydrogen) atoms. The lowest BCUT2D eigenvalue weighted by atomic mass is 9.78. The highest BCUT2D eigenvalue weighted by Crippen LogP contribution is 2.35. The molecule has 0 nitrogen and oxygen atoms in total. The number of alkyl halides is 1. The van der Waals surface area contributed by atoms with Gasteiger partial charge in [-0.25, -0.2) is 0 Å². The van der Waals surface area contributed by atoms with Gasteiger partial charge in [0.25, 0.3) is 0 Å². The summed E-state index contributed by atoms with van der Waals surface area (Å²) in [7, 11) is 2.11. The van der Waals surface area contributed by atoms with Gasteiger partial charge in [0, 0.05) is 0 Å². The Balaban J connectivity index is 1.98. The summed E-state index contributed by atoms with van der Waals surface area (Å²) in [5, 5.41) is 0. The van der Waals surface area contributed by atoms with Crippen LogP contribution in [0.25, 0.3) is 0 Å². The second kappa shape index (κ2) is 4.83. The molecule has 80 valence electrons. The fourth-order valence-corrected chi connectivity index (χ4v) is 2.49. The molecule has 0 radical (unpaired) electrons. The second-order valence-electron chi connectivity index (χ2n) is 4.78. The molecule has 0 N–H and O–H groups in total. The van der Waals surface area contributed by atoms with Crippen LogP contribution in [0.3, 0.4) is 0 Å². The Hall–Kier alpha value is -0.785. The number of hydrogen-bond donors (Lipinski definition) is 0. The highest BCUT2D eigenvalue weighted by molar-refractivity contribution is 6.32. The van der Waals surface area contributed by atoms with Gasteiger partial charge >= 0.3 is 0 Å². The number of benzene rings is 1. The van der Waals surface area contributed by atoms with Gasteiger partial charge in [-0.2, -0.15) is 0 Å². The first-order valence-electron chi connectivity index (χ1n) is 5.92. The van der Waals surface area contributed by atoms with Gasteiger partial charge < -0.3 is 0 Å². The standard InChI is InChI=1S/C13H18BF/c14-13-7-5-12(6-8-13)11-3-1-10(9-15)2-4-11/h5-8,10-11H,1-4,9,14H2/t10-,11-. The van der Waals surface area contributed by atoms with Crippen molar-refractivity contribution in [3.8, 4) is 0 Å². The molecular formula is C13H18BF. The molecule has 0 heterocycles. The first kappa shape index (κ1) is 10.7. The summed E-state index contributed by atoms with van der Waals surface area (Å²) in [5.74, 6) is 1.01. The summed E-state index contributed by atoms with van der Waals surface area (Å²) in [4.78, 5) is 0. The molecule has 2 heteroatoms. The third-order valence-electron chi connectivity index (χ3n) is 3.61. The van der Waals surface area contributed by atoms with E-state index in [1.165, 1.54) is 11.0 Å². The first-order chi connectivity index (χ1) is 7.29. The Morgan fingerprint density at radius 3 is 2.20 bits per heavy atom. The van der Waals surface area contributed by atoms with Gasteiger partial charge in [0.2, 0.25) is 0 Å². The molecule has 0 atom stereocenters. The van der Waals surface area contributed by atoms with Gasteiger partial charge in [-0.3, -0.25) is 4.39 Å². The predicted molar refractivity (Wildman–Crippen MR) is 65.3 cm³/mol. The Bertz CT molecular complexity index is 299. The summed E-state index contributed by atoms with van der Waals surface area (Å²) in [6.07, 6.45) is 4.46. The molecule has 1 aliphatic rings. The fraction of sp³-hybridized carbons (Fsp3) is 0.538. The normalized spacial score (nSPS) is 26.5. The van der Waals surface area contributed by atoms with Crippen molar-refractivity contribution in [3.05, 3.63) is 29.8 Å². The molecule has 0 bridgehead atoms. The summed E-state index contributed by atoms with van der Waals surface area (Å²) in [6.45, 7) is -0.124. The zero-order valence-corrected chi connectivity index (χ0v) is 9.38. The molecule has 0 aliphatic heterocycles. The van der Waals surface area contributed by atoms with Gasteiger partial charge in [-0.05, 0) is 43.1 Å². The number of hydrogen-bond acceptors (Lipinski definition) is 0. The molecule has 2 rings (SSSR count). The van der Waals surface area contributed by atoms with Crippen LogP contribution in [0.15, 0.2) is 24.3 Å². The molecule has 1 aliphatic carbocycles. The van der Waals surface area contributed by atoms with Gasteiger partial charge in [0.1, 0.15) is 7.85 Å². The molecule has 0 unspecified atom stereocenters. The van der Waals surface area contributed by atoms with Crippen LogP contribution in [0.4, 0.5) is 4.39 Å². The smallest absolute Gasteiger partial charge is 0.139 e. The van der Waals surface area contributed by atoms with E-state index >= 15 is 0 Å². The third kappa shape index (κ3) is 2.61. The molecule has 1 aromatic carbocycles. The lowest BCUT2D eigenvalue weighted by Gasteiger charge is -2.27. The average molecular weight is 204 g/mol. The van der Waals surface area contributed by atoms with Gasteiger partial charge in [-0.1, -0.05) is 29.7 Å². The quantitative estimate of drug-likeness (QED) is 0.647. The van der Waals surface area contributed by atoms with Crippen molar-refractivity contribution < 1.29 is 4.39 Å². The monoisotopic (exact) mass is 204 g/mol. The van der Waals surface area contributed by atoms with E-state index in [4.69, 9.17) is 0 Å². The first-order valence-corrected chi connectivity index (χ1v) is 5.92. The fourth-order valence-electron chi connectivity index (χ4n) is 2.49. The minimum atomic E-state index is -0.124. The maximum absolute atomic E-state index is 12.5. The molecule has 1 aromatic rings. The summed E-state index contributed by atoms with van der Waals surface area (Å²) in [5.41, 5.74) is 2.76. The van der Waals surface area contributed by atoms with Crippen LogP contribution >= 0.6 is 0 Å². The zero-order valence-electron chi connectivity index (χ0n) is 9.38. The topological polar surface area (TPSA) is 0 Å². The Morgan fingerprint density at radius 2 is 1.67 bits per heavy atom. The molecule has 0 saturated heterocycles. The van der Waals surface area contributed by atoms with Crippen molar-refractivity contribution in [3.63, 3.8) is 0 Å². The van der Waals surface area contributed by atoms with Crippen LogP contribution in [-0.2, 0) is 0 Å². The maximum Gasteiger partial charge on any atom is 0.139 e. The highest BCUT2D eigenvalue weighted by atomic mass is 19.1. The van der Waals surface area contributed by atoms with Crippen LogP contribution in [-0.4, -0.2) is 14.5 Å². The van der Waals surface area contributed by atoms with E-state index in [0.717, 1.165) is 25.7 Å². The predicted octanol–water partition coefficient (Wildman–Crippen LogP) is 2.19. The van der Waals surface area contributed by atoms with E-state index in [2.05, 4.69) is 32.1 Å². The number of rotatable bonds is 2. The highest BCUT2D eigenvalue weighted by Gasteiger charge is 2.21. The lowest BCUT2D eigenvalue weighted by molar-refractivity contribution is 0.263. The van der Waals surface area contributed by atoms with Crippen LogP contribution in [0.1, 0.15) is 37.2 Å². The van der Waals surface area contributed by atoms with E-state index in [1.807, 2.05) is 0 Å². The molecule has 1 fully saturated rings.